The average Bonchev–Trinajstić information content (AvgIpc) is 2.82. The Morgan fingerprint density at radius 3 is 2.64 bits per heavy atom. The zero-order valence-corrected chi connectivity index (χ0v) is 20.2. The van der Waals surface area contributed by atoms with Crippen LogP contribution in [0.5, 0.6) is 5.75 Å². The van der Waals surface area contributed by atoms with Gasteiger partial charge < -0.3 is 20.1 Å². The molecule has 0 radical (unpaired) electrons. The molecule has 1 aliphatic heterocycles. The number of hydrogen-bond acceptors (Lipinski definition) is 7. The van der Waals surface area contributed by atoms with E-state index in [0.29, 0.717) is 17.0 Å². The maximum absolute atomic E-state index is 12.9. The number of ether oxygens (including phenoxy) is 2. The number of thioether (sulfide) groups is 1. The van der Waals surface area contributed by atoms with Gasteiger partial charge in [0.25, 0.3) is 0 Å². The molecule has 8 nitrogen and oxygen atoms in total. The zero-order chi connectivity index (χ0) is 24.0. The number of methoxy groups -OCH3 is 2. The Hall–Kier alpha value is -3.29. The number of hydrogen-bond donors (Lipinski definition) is 2. The molecule has 0 unspecified atom stereocenters. The minimum Gasteiger partial charge on any atom is -0.495 e. The van der Waals surface area contributed by atoms with E-state index in [4.69, 9.17) is 9.47 Å². The first-order valence-electron chi connectivity index (χ1n) is 9.73. The summed E-state index contributed by atoms with van der Waals surface area (Å²) < 4.78 is 10.8. The fraction of sp³-hybridized carbons (Fsp3) is 0.217. The van der Waals surface area contributed by atoms with Crippen molar-refractivity contribution in [1.29, 1.82) is 5.26 Å². The first-order valence-corrected chi connectivity index (χ1v) is 11.5. The highest BCUT2D eigenvalue weighted by atomic mass is 79.9. The van der Waals surface area contributed by atoms with E-state index in [-0.39, 0.29) is 22.3 Å². The molecule has 0 spiro atoms. The maximum atomic E-state index is 12.9. The number of halogens is 1. The van der Waals surface area contributed by atoms with Crippen molar-refractivity contribution in [2.24, 2.45) is 5.92 Å². The van der Waals surface area contributed by atoms with Crippen LogP contribution in [0.15, 0.2) is 63.6 Å². The molecular weight excluding hydrogens is 510 g/mol. The molecule has 3 rings (SSSR count). The highest BCUT2D eigenvalue weighted by Crippen LogP contribution is 2.40. The van der Waals surface area contributed by atoms with Crippen molar-refractivity contribution in [3.8, 4) is 11.8 Å². The third kappa shape index (κ3) is 5.56. The Labute approximate surface area is 203 Å². The Balaban J connectivity index is 1.89. The van der Waals surface area contributed by atoms with Gasteiger partial charge in [-0.15, -0.1) is 0 Å². The summed E-state index contributed by atoms with van der Waals surface area (Å²) in [6.07, 6.45) is 0. The lowest BCUT2D eigenvalue weighted by Crippen LogP contribution is -2.44. The van der Waals surface area contributed by atoms with Crippen LogP contribution in [0.1, 0.15) is 11.5 Å². The molecule has 2 aromatic carbocycles. The number of nitrogens with zero attached hydrogens (tertiary/aromatic N) is 1. The predicted molar refractivity (Wildman–Crippen MR) is 127 cm³/mol. The van der Waals surface area contributed by atoms with E-state index in [0.717, 1.165) is 16.2 Å². The summed E-state index contributed by atoms with van der Waals surface area (Å²) in [5.74, 6) is -3.35. The molecule has 0 saturated carbocycles. The molecule has 0 aliphatic carbocycles. The molecule has 170 valence electrons. The molecule has 0 saturated heterocycles. The third-order valence-electron chi connectivity index (χ3n) is 4.92. The molecule has 0 aromatic heterocycles. The average molecular weight is 530 g/mol. The predicted octanol–water partition coefficient (Wildman–Crippen LogP) is 3.57. The third-order valence-corrected chi connectivity index (χ3v) is 6.43. The van der Waals surface area contributed by atoms with Crippen LogP contribution < -0.4 is 15.4 Å². The van der Waals surface area contributed by atoms with E-state index in [1.165, 1.54) is 14.2 Å². The summed E-state index contributed by atoms with van der Waals surface area (Å²) in [4.78, 5) is 37.8. The lowest BCUT2D eigenvalue weighted by Gasteiger charge is -2.31. The number of carbonyl (C=O) groups excluding carboxylic acids is 3. The Bertz CT molecular complexity index is 1160. The quantitative estimate of drug-likeness (QED) is 0.415. The Kier molecular flexibility index (Phi) is 8.14. The monoisotopic (exact) mass is 529 g/mol. The van der Waals surface area contributed by atoms with Gasteiger partial charge in [0.15, 0.2) is 0 Å². The summed E-state index contributed by atoms with van der Waals surface area (Å²) in [5, 5.41) is 15.5. The Morgan fingerprint density at radius 1 is 1.21 bits per heavy atom. The number of benzene rings is 2. The van der Waals surface area contributed by atoms with Crippen LogP contribution in [0.4, 0.5) is 5.69 Å². The van der Waals surface area contributed by atoms with E-state index >= 15 is 0 Å². The van der Waals surface area contributed by atoms with Crippen LogP contribution in [-0.2, 0) is 19.1 Å². The topological polar surface area (TPSA) is 118 Å². The van der Waals surface area contributed by atoms with Crippen LogP contribution >= 0.6 is 27.7 Å². The van der Waals surface area contributed by atoms with Crippen molar-refractivity contribution in [3.05, 3.63) is 69.2 Å². The molecule has 0 bridgehead atoms. The van der Waals surface area contributed by atoms with Crippen LogP contribution in [0.3, 0.4) is 0 Å². The lowest BCUT2D eigenvalue weighted by atomic mass is 9.78. The molecule has 1 heterocycles. The highest BCUT2D eigenvalue weighted by molar-refractivity contribution is 9.10. The van der Waals surface area contributed by atoms with Gasteiger partial charge in [0.05, 0.1) is 42.3 Å². The zero-order valence-electron chi connectivity index (χ0n) is 17.8. The van der Waals surface area contributed by atoms with Gasteiger partial charge in [-0.05, 0) is 29.8 Å². The lowest BCUT2D eigenvalue weighted by molar-refractivity contribution is -0.150. The largest absolute Gasteiger partial charge is 0.495 e. The SMILES string of the molecule is COC(=O)[C@H]1C(=O)NC(SCC(=O)Nc2ccccc2OC)=C(C#N)[C@@H]1c1cccc(Br)c1. The number of carbonyl (C=O) groups is 3. The molecule has 0 fully saturated rings. The first-order chi connectivity index (χ1) is 15.9. The molecule has 10 heteroatoms. The fourth-order valence-electron chi connectivity index (χ4n) is 3.45. The van der Waals surface area contributed by atoms with Gasteiger partial charge in [-0.25, -0.2) is 0 Å². The van der Waals surface area contributed by atoms with Gasteiger partial charge in [0.2, 0.25) is 11.8 Å². The Morgan fingerprint density at radius 2 is 1.97 bits per heavy atom. The number of allylic oxidation sites excluding steroid dienone is 1. The van der Waals surface area contributed by atoms with Gasteiger partial charge in [-0.1, -0.05) is 52.0 Å². The smallest absolute Gasteiger partial charge is 0.319 e. The molecule has 2 atom stereocenters. The second kappa shape index (κ2) is 11.0. The number of amides is 2. The van der Waals surface area contributed by atoms with Crippen molar-refractivity contribution in [3.63, 3.8) is 0 Å². The summed E-state index contributed by atoms with van der Waals surface area (Å²) in [7, 11) is 2.69. The number of nitriles is 1. The number of nitrogens with one attached hydrogen (secondary N) is 2. The number of anilines is 1. The van der Waals surface area contributed by atoms with Gasteiger partial charge in [-0.2, -0.15) is 5.26 Å². The fourth-order valence-corrected chi connectivity index (χ4v) is 4.72. The van der Waals surface area contributed by atoms with E-state index < -0.39 is 23.7 Å². The molecule has 2 amide bonds. The summed E-state index contributed by atoms with van der Waals surface area (Å²) in [5.41, 5.74) is 1.28. The van der Waals surface area contributed by atoms with Gasteiger partial charge >= 0.3 is 5.97 Å². The molecule has 2 N–H and O–H groups in total. The molecular formula is C23H20BrN3O5S. The second-order valence-electron chi connectivity index (χ2n) is 6.91. The summed E-state index contributed by atoms with van der Waals surface area (Å²) in [6.45, 7) is 0. The van der Waals surface area contributed by atoms with Crippen LogP contribution in [0.25, 0.3) is 0 Å². The van der Waals surface area contributed by atoms with Gasteiger partial charge in [0, 0.05) is 10.4 Å². The van der Waals surface area contributed by atoms with Gasteiger partial charge in [0.1, 0.15) is 11.7 Å². The molecule has 2 aromatic rings. The minimum atomic E-state index is -1.23. The van der Waals surface area contributed by atoms with E-state index in [1.807, 2.05) is 0 Å². The number of rotatable bonds is 7. The standard InChI is InChI=1S/C23H20BrN3O5S/c1-31-17-9-4-3-8-16(17)26-18(28)12-33-22-15(11-25)19(13-6-5-7-14(24)10-13)20(21(29)27-22)23(30)32-2/h3-10,19-20H,12H2,1-2H3,(H,26,28)(H,27,29)/t19-,20+/m0/s1. The summed E-state index contributed by atoms with van der Waals surface area (Å²) >= 11 is 4.39. The van der Waals surface area contributed by atoms with Crippen LogP contribution in [-0.4, -0.2) is 37.8 Å². The van der Waals surface area contributed by atoms with Gasteiger partial charge in [-0.3, -0.25) is 14.4 Å². The van der Waals surface area contributed by atoms with E-state index in [1.54, 1.807) is 48.5 Å². The number of para-hydroxylation sites is 2. The van der Waals surface area contributed by atoms with Crippen molar-refractivity contribution >= 4 is 51.2 Å². The normalized spacial score (nSPS) is 17.6. The molecule has 1 aliphatic rings. The first kappa shape index (κ1) is 24.4. The van der Waals surface area contributed by atoms with Crippen LogP contribution in [0, 0.1) is 17.2 Å². The highest BCUT2D eigenvalue weighted by Gasteiger charge is 2.44. The maximum Gasteiger partial charge on any atom is 0.319 e. The van der Waals surface area contributed by atoms with Crippen molar-refractivity contribution in [2.75, 3.05) is 25.3 Å². The second-order valence-corrected chi connectivity index (χ2v) is 8.82. The van der Waals surface area contributed by atoms with Crippen molar-refractivity contribution in [1.82, 2.24) is 5.32 Å². The summed E-state index contributed by atoms with van der Waals surface area (Å²) in [6, 6.07) is 16.1. The van der Waals surface area contributed by atoms with E-state index in [9.17, 15) is 19.6 Å². The van der Waals surface area contributed by atoms with Crippen molar-refractivity contribution in [2.45, 2.75) is 5.92 Å². The van der Waals surface area contributed by atoms with E-state index in [2.05, 4.69) is 32.6 Å². The number of esters is 1. The van der Waals surface area contributed by atoms with Crippen molar-refractivity contribution < 1.29 is 23.9 Å². The van der Waals surface area contributed by atoms with Crippen LogP contribution in [0.2, 0.25) is 0 Å². The minimum absolute atomic E-state index is 0.0765. The molecule has 33 heavy (non-hydrogen) atoms.